The molecule has 0 aromatic heterocycles. The van der Waals surface area contributed by atoms with Crippen LogP contribution < -0.4 is 0 Å². The third-order valence-corrected chi connectivity index (χ3v) is 3.19. The minimum atomic E-state index is -0.288. The number of allylic oxidation sites excluding steroid dienone is 4. The first kappa shape index (κ1) is 9.28. The van der Waals surface area contributed by atoms with Crippen molar-refractivity contribution in [2.24, 2.45) is 0 Å². The van der Waals surface area contributed by atoms with Crippen molar-refractivity contribution in [3.05, 3.63) is 59.7 Å². The Morgan fingerprint density at radius 2 is 1.19 bits per heavy atom. The van der Waals surface area contributed by atoms with Gasteiger partial charge in [-0.15, -0.1) is 0 Å². The van der Waals surface area contributed by atoms with Crippen molar-refractivity contribution >= 4 is 11.6 Å². The number of ketones is 2. The molecule has 0 heterocycles. The molecule has 0 spiro atoms. The SMILES string of the molecule is O=C1C=CC2C(=O)C=CC1c1ccccc12. The van der Waals surface area contributed by atoms with Crippen molar-refractivity contribution in [1.82, 2.24) is 0 Å². The first-order valence-electron chi connectivity index (χ1n) is 5.30. The number of benzene rings is 1. The highest BCUT2D eigenvalue weighted by Crippen LogP contribution is 2.35. The molecule has 0 radical (unpaired) electrons. The van der Waals surface area contributed by atoms with Crippen LogP contribution in [-0.4, -0.2) is 11.6 Å². The minimum Gasteiger partial charge on any atom is -0.294 e. The van der Waals surface area contributed by atoms with Gasteiger partial charge in [-0.05, 0) is 23.3 Å². The van der Waals surface area contributed by atoms with Crippen molar-refractivity contribution in [1.29, 1.82) is 0 Å². The molecule has 3 rings (SSSR count). The summed E-state index contributed by atoms with van der Waals surface area (Å²) < 4.78 is 0. The predicted molar refractivity (Wildman–Crippen MR) is 60.2 cm³/mol. The van der Waals surface area contributed by atoms with Gasteiger partial charge in [-0.2, -0.15) is 0 Å². The van der Waals surface area contributed by atoms with E-state index in [-0.39, 0.29) is 23.4 Å². The molecule has 0 saturated carbocycles. The lowest BCUT2D eigenvalue weighted by Crippen LogP contribution is -2.06. The zero-order valence-corrected chi connectivity index (χ0v) is 8.59. The lowest BCUT2D eigenvalue weighted by Gasteiger charge is -2.12. The van der Waals surface area contributed by atoms with Crippen molar-refractivity contribution < 1.29 is 9.59 Å². The maximum Gasteiger partial charge on any atom is 0.166 e. The van der Waals surface area contributed by atoms with E-state index in [0.29, 0.717) is 0 Å². The van der Waals surface area contributed by atoms with Crippen LogP contribution in [0.2, 0.25) is 0 Å². The average molecular weight is 210 g/mol. The van der Waals surface area contributed by atoms with Gasteiger partial charge in [0.2, 0.25) is 0 Å². The molecule has 2 heteroatoms. The molecule has 0 amide bonds. The summed E-state index contributed by atoms with van der Waals surface area (Å²) >= 11 is 0. The van der Waals surface area contributed by atoms with Gasteiger partial charge < -0.3 is 0 Å². The standard InChI is InChI=1S/C14H10O2/c15-13-8-6-12-10-4-2-1-3-9(10)11(13)5-7-14(12)16/h1-8,11-12H. The van der Waals surface area contributed by atoms with E-state index in [4.69, 9.17) is 0 Å². The fourth-order valence-corrected chi connectivity index (χ4v) is 2.37. The molecule has 1 aromatic rings. The number of hydrogen-bond donors (Lipinski definition) is 0. The first-order chi connectivity index (χ1) is 7.77. The fourth-order valence-electron chi connectivity index (χ4n) is 2.37. The summed E-state index contributed by atoms with van der Waals surface area (Å²) in [5.74, 6) is -0.467. The number of rotatable bonds is 0. The van der Waals surface area contributed by atoms with Crippen LogP contribution in [0.3, 0.4) is 0 Å². The third kappa shape index (κ3) is 1.20. The number of carbonyl (C=O) groups is 2. The van der Waals surface area contributed by atoms with E-state index in [1.54, 1.807) is 12.2 Å². The summed E-state index contributed by atoms with van der Waals surface area (Å²) in [6, 6.07) is 7.68. The van der Waals surface area contributed by atoms with E-state index in [9.17, 15) is 9.59 Å². The van der Waals surface area contributed by atoms with E-state index in [2.05, 4.69) is 0 Å². The second kappa shape index (κ2) is 3.27. The van der Waals surface area contributed by atoms with Crippen LogP contribution in [0.15, 0.2) is 48.6 Å². The van der Waals surface area contributed by atoms with E-state index in [1.165, 1.54) is 12.2 Å². The number of hydrogen-bond acceptors (Lipinski definition) is 2. The quantitative estimate of drug-likeness (QED) is 0.657. The van der Waals surface area contributed by atoms with Gasteiger partial charge in [0.05, 0.1) is 11.8 Å². The predicted octanol–water partition coefficient (Wildman–Crippen LogP) is 2.13. The van der Waals surface area contributed by atoms with Crippen LogP contribution in [0.4, 0.5) is 0 Å². The lowest BCUT2D eigenvalue weighted by atomic mass is 9.90. The molecule has 2 nitrogen and oxygen atoms in total. The Bertz CT molecular complexity index is 488. The molecule has 2 atom stereocenters. The van der Waals surface area contributed by atoms with Gasteiger partial charge in [0.15, 0.2) is 11.6 Å². The van der Waals surface area contributed by atoms with Crippen LogP contribution in [0, 0.1) is 0 Å². The molecule has 0 N–H and O–H groups in total. The largest absolute Gasteiger partial charge is 0.294 e. The highest BCUT2D eigenvalue weighted by Gasteiger charge is 2.30. The molecule has 78 valence electrons. The fraction of sp³-hybridized carbons (Fsp3) is 0.143. The van der Waals surface area contributed by atoms with Gasteiger partial charge in [0.25, 0.3) is 0 Å². The van der Waals surface area contributed by atoms with Crippen LogP contribution in [0.1, 0.15) is 23.0 Å². The summed E-state index contributed by atoms with van der Waals surface area (Å²) in [4.78, 5) is 23.7. The van der Waals surface area contributed by atoms with Gasteiger partial charge in [-0.3, -0.25) is 9.59 Å². The Morgan fingerprint density at radius 1 is 0.750 bits per heavy atom. The molecule has 1 aromatic carbocycles. The average Bonchev–Trinajstić information content (AvgIpc) is 2.51. The smallest absolute Gasteiger partial charge is 0.166 e. The zero-order valence-electron chi connectivity index (χ0n) is 8.59. The normalized spacial score (nSPS) is 26.5. The molecule has 16 heavy (non-hydrogen) atoms. The van der Waals surface area contributed by atoms with Crippen LogP contribution in [0.5, 0.6) is 0 Å². The van der Waals surface area contributed by atoms with Gasteiger partial charge in [-0.1, -0.05) is 36.4 Å². The molecule has 0 aliphatic heterocycles. The monoisotopic (exact) mass is 210 g/mol. The van der Waals surface area contributed by atoms with E-state index < -0.39 is 0 Å². The zero-order chi connectivity index (χ0) is 11.1. The topological polar surface area (TPSA) is 34.1 Å². The van der Waals surface area contributed by atoms with E-state index >= 15 is 0 Å². The van der Waals surface area contributed by atoms with Crippen LogP contribution >= 0.6 is 0 Å². The summed E-state index contributed by atoms with van der Waals surface area (Å²) in [5, 5.41) is 0. The van der Waals surface area contributed by atoms with Gasteiger partial charge in [0.1, 0.15) is 0 Å². The Labute approximate surface area is 93.3 Å². The number of carbonyl (C=O) groups excluding carboxylic acids is 2. The third-order valence-electron chi connectivity index (χ3n) is 3.19. The van der Waals surface area contributed by atoms with Gasteiger partial charge in [0, 0.05) is 0 Å². The molecule has 0 fully saturated rings. The van der Waals surface area contributed by atoms with E-state index in [1.807, 2.05) is 24.3 Å². The van der Waals surface area contributed by atoms with Crippen molar-refractivity contribution in [3.63, 3.8) is 0 Å². The van der Waals surface area contributed by atoms with Crippen LogP contribution in [-0.2, 0) is 9.59 Å². The summed E-state index contributed by atoms with van der Waals surface area (Å²) in [6.07, 6.45) is 6.51. The Morgan fingerprint density at radius 3 is 1.62 bits per heavy atom. The Kier molecular flexibility index (Phi) is 1.90. The first-order valence-corrected chi connectivity index (χ1v) is 5.30. The highest BCUT2D eigenvalue weighted by molar-refractivity contribution is 6.06. The van der Waals surface area contributed by atoms with E-state index in [0.717, 1.165) is 11.1 Å². The summed E-state index contributed by atoms with van der Waals surface area (Å²) in [6.45, 7) is 0. The van der Waals surface area contributed by atoms with Crippen molar-refractivity contribution in [2.75, 3.05) is 0 Å². The molecular formula is C14H10O2. The van der Waals surface area contributed by atoms with Crippen LogP contribution in [0.25, 0.3) is 0 Å². The highest BCUT2D eigenvalue weighted by atomic mass is 16.1. The van der Waals surface area contributed by atoms with Crippen molar-refractivity contribution in [3.8, 4) is 0 Å². The second-order valence-electron chi connectivity index (χ2n) is 4.11. The molecule has 2 aliphatic carbocycles. The molecule has 0 saturated heterocycles. The maximum atomic E-state index is 11.8. The molecular weight excluding hydrogens is 200 g/mol. The Balaban J connectivity index is 2.33. The van der Waals surface area contributed by atoms with Gasteiger partial charge in [-0.25, -0.2) is 0 Å². The minimum absolute atomic E-state index is 0.0544. The molecule has 2 unspecified atom stereocenters. The Hall–Kier alpha value is -1.96. The maximum absolute atomic E-state index is 11.8. The summed E-state index contributed by atoms with van der Waals surface area (Å²) in [5.41, 5.74) is 1.93. The summed E-state index contributed by atoms with van der Waals surface area (Å²) in [7, 11) is 0. The van der Waals surface area contributed by atoms with Gasteiger partial charge >= 0.3 is 0 Å². The lowest BCUT2D eigenvalue weighted by molar-refractivity contribution is -0.115. The van der Waals surface area contributed by atoms with Crippen molar-refractivity contribution in [2.45, 2.75) is 11.8 Å². The molecule has 2 bridgehead atoms. The second-order valence-corrected chi connectivity index (χ2v) is 4.11. The molecule has 2 aliphatic rings.